The van der Waals surface area contributed by atoms with Gasteiger partial charge in [-0.1, -0.05) is 18.2 Å². The van der Waals surface area contributed by atoms with E-state index in [0.29, 0.717) is 0 Å². The molecule has 128 valence electrons. The van der Waals surface area contributed by atoms with Crippen molar-refractivity contribution < 1.29 is 0 Å². The maximum atomic E-state index is 4.75. The van der Waals surface area contributed by atoms with Gasteiger partial charge >= 0.3 is 0 Å². The lowest BCUT2D eigenvalue weighted by molar-refractivity contribution is 0.830. The zero-order valence-electron chi connectivity index (χ0n) is 14.9. The molecule has 5 nitrogen and oxygen atoms in total. The molecule has 2 heterocycles. The molecule has 0 aliphatic rings. The molecule has 1 aromatic carbocycles. The molecule has 0 saturated heterocycles. The van der Waals surface area contributed by atoms with Crippen LogP contribution < -0.4 is 9.80 Å². The van der Waals surface area contributed by atoms with Crippen LogP contribution >= 0.6 is 0 Å². The largest absolute Gasteiger partial charge is 0.343 e. The maximum Gasteiger partial charge on any atom is 0.227 e. The van der Waals surface area contributed by atoms with Gasteiger partial charge < -0.3 is 9.80 Å². The monoisotopic (exact) mass is 333 g/mol. The summed E-state index contributed by atoms with van der Waals surface area (Å²) in [5.74, 6) is 1.64. The molecule has 0 radical (unpaired) electrons. The van der Waals surface area contributed by atoms with Crippen molar-refractivity contribution in [2.24, 2.45) is 0 Å². The fraction of sp³-hybridized carbons (Fsp3) is 0.250. The number of nitrogens with zero attached hydrogens (tertiary/aromatic N) is 5. The molecule has 0 amide bonds. The van der Waals surface area contributed by atoms with Gasteiger partial charge in [0.15, 0.2) is 0 Å². The van der Waals surface area contributed by atoms with E-state index in [9.17, 15) is 0 Å². The second-order valence-electron chi connectivity index (χ2n) is 6.09. The van der Waals surface area contributed by atoms with E-state index in [2.05, 4.69) is 31.9 Å². The first kappa shape index (κ1) is 16.9. The van der Waals surface area contributed by atoms with E-state index in [4.69, 9.17) is 4.98 Å². The van der Waals surface area contributed by atoms with E-state index < -0.39 is 0 Å². The van der Waals surface area contributed by atoms with E-state index in [0.717, 1.165) is 36.1 Å². The van der Waals surface area contributed by atoms with Gasteiger partial charge in [0.25, 0.3) is 0 Å². The van der Waals surface area contributed by atoms with Crippen LogP contribution in [0.25, 0.3) is 0 Å². The molecule has 0 unspecified atom stereocenters. The first-order valence-electron chi connectivity index (χ1n) is 8.38. The molecular formula is C20H23N5. The average Bonchev–Trinajstić information content (AvgIpc) is 2.66. The smallest absolute Gasteiger partial charge is 0.227 e. The molecule has 0 aliphatic heterocycles. The van der Waals surface area contributed by atoms with Gasteiger partial charge in [-0.15, -0.1) is 0 Å². The summed E-state index contributed by atoms with van der Waals surface area (Å²) >= 11 is 0. The fourth-order valence-electron chi connectivity index (χ4n) is 2.61. The predicted molar refractivity (Wildman–Crippen MR) is 102 cm³/mol. The highest BCUT2D eigenvalue weighted by atomic mass is 15.3. The molecule has 0 bridgehead atoms. The van der Waals surface area contributed by atoms with Crippen LogP contribution in [-0.2, 0) is 6.42 Å². The predicted octanol–water partition coefficient (Wildman–Crippen LogP) is 3.63. The summed E-state index contributed by atoms with van der Waals surface area (Å²) in [7, 11) is 4.06. The first-order valence-corrected chi connectivity index (χ1v) is 8.38. The lowest BCUT2D eigenvalue weighted by Gasteiger charge is -2.22. The molecule has 0 fully saturated rings. The van der Waals surface area contributed by atoms with Gasteiger partial charge in [-0.05, 0) is 43.2 Å². The number of benzene rings is 1. The number of pyridine rings is 1. The van der Waals surface area contributed by atoms with Crippen molar-refractivity contribution in [2.75, 3.05) is 30.4 Å². The van der Waals surface area contributed by atoms with Gasteiger partial charge in [-0.25, -0.2) is 4.98 Å². The number of hydrogen-bond acceptors (Lipinski definition) is 5. The standard InChI is InChI=1S/C20H23N5/c1-16-15-19(25(3)18-7-5-4-6-8-18)23-20(22-16)24(2)14-11-17-9-12-21-13-10-17/h4-10,12-13,15H,11,14H2,1-3H3. The summed E-state index contributed by atoms with van der Waals surface area (Å²) in [6.07, 6.45) is 4.58. The van der Waals surface area contributed by atoms with Crippen molar-refractivity contribution in [1.29, 1.82) is 0 Å². The second-order valence-corrected chi connectivity index (χ2v) is 6.09. The van der Waals surface area contributed by atoms with Crippen molar-refractivity contribution in [2.45, 2.75) is 13.3 Å². The summed E-state index contributed by atoms with van der Waals surface area (Å²) in [6, 6.07) is 16.3. The zero-order chi connectivity index (χ0) is 17.6. The Kier molecular flexibility index (Phi) is 5.23. The Bertz CT molecular complexity index is 805. The second kappa shape index (κ2) is 7.75. The maximum absolute atomic E-state index is 4.75. The quantitative estimate of drug-likeness (QED) is 0.689. The fourth-order valence-corrected chi connectivity index (χ4v) is 2.61. The summed E-state index contributed by atoms with van der Waals surface area (Å²) in [5.41, 5.74) is 3.32. The third kappa shape index (κ3) is 4.32. The molecule has 0 atom stereocenters. The highest BCUT2D eigenvalue weighted by Crippen LogP contribution is 2.23. The zero-order valence-corrected chi connectivity index (χ0v) is 14.9. The van der Waals surface area contributed by atoms with E-state index in [-0.39, 0.29) is 0 Å². The molecular weight excluding hydrogens is 310 g/mol. The average molecular weight is 333 g/mol. The Balaban J connectivity index is 1.76. The molecule has 25 heavy (non-hydrogen) atoms. The van der Waals surface area contributed by atoms with E-state index in [1.54, 1.807) is 0 Å². The van der Waals surface area contributed by atoms with Crippen LogP contribution in [0.15, 0.2) is 60.9 Å². The van der Waals surface area contributed by atoms with Crippen LogP contribution in [0, 0.1) is 6.92 Å². The van der Waals surface area contributed by atoms with Crippen molar-refractivity contribution in [3.05, 3.63) is 72.2 Å². The molecule has 0 spiro atoms. The van der Waals surface area contributed by atoms with Crippen molar-refractivity contribution in [3.63, 3.8) is 0 Å². The molecule has 0 saturated carbocycles. The third-order valence-electron chi connectivity index (χ3n) is 4.14. The highest BCUT2D eigenvalue weighted by molar-refractivity contribution is 5.60. The van der Waals surface area contributed by atoms with Gasteiger partial charge in [-0.2, -0.15) is 4.98 Å². The van der Waals surface area contributed by atoms with Crippen LogP contribution in [0.2, 0.25) is 0 Å². The number of likely N-dealkylation sites (N-methyl/N-ethyl adjacent to an activating group) is 1. The minimum atomic E-state index is 0.742. The normalized spacial score (nSPS) is 10.5. The third-order valence-corrected chi connectivity index (χ3v) is 4.14. The Labute approximate surface area is 149 Å². The van der Waals surface area contributed by atoms with Gasteiger partial charge in [0.05, 0.1) is 0 Å². The molecule has 3 rings (SSSR count). The first-order chi connectivity index (χ1) is 12.1. The van der Waals surface area contributed by atoms with Crippen LogP contribution in [0.3, 0.4) is 0 Å². The number of para-hydroxylation sites is 1. The Morgan fingerprint density at radius 2 is 1.64 bits per heavy atom. The van der Waals surface area contributed by atoms with E-state index >= 15 is 0 Å². The summed E-state index contributed by atoms with van der Waals surface area (Å²) in [5, 5.41) is 0. The van der Waals surface area contributed by atoms with Crippen LogP contribution in [0.1, 0.15) is 11.3 Å². The lowest BCUT2D eigenvalue weighted by atomic mass is 10.2. The highest BCUT2D eigenvalue weighted by Gasteiger charge is 2.11. The number of anilines is 3. The topological polar surface area (TPSA) is 45.2 Å². The number of aromatic nitrogens is 3. The van der Waals surface area contributed by atoms with E-state index in [1.807, 2.05) is 69.8 Å². The molecule has 3 aromatic rings. The Morgan fingerprint density at radius 3 is 2.36 bits per heavy atom. The molecule has 2 aromatic heterocycles. The van der Waals surface area contributed by atoms with Crippen molar-refractivity contribution >= 4 is 17.5 Å². The van der Waals surface area contributed by atoms with Crippen molar-refractivity contribution in [3.8, 4) is 0 Å². The molecule has 0 N–H and O–H groups in total. The van der Waals surface area contributed by atoms with E-state index in [1.165, 1.54) is 5.56 Å². The summed E-state index contributed by atoms with van der Waals surface area (Å²) in [4.78, 5) is 17.6. The van der Waals surface area contributed by atoms with Crippen LogP contribution in [0.4, 0.5) is 17.5 Å². The minimum absolute atomic E-state index is 0.742. The van der Waals surface area contributed by atoms with Crippen LogP contribution in [-0.4, -0.2) is 35.6 Å². The number of hydrogen-bond donors (Lipinski definition) is 0. The minimum Gasteiger partial charge on any atom is -0.343 e. The van der Waals surface area contributed by atoms with Crippen molar-refractivity contribution in [1.82, 2.24) is 15.0 Å². The summed E-state index contributed by atoms with van der Waals surface area (Å²) < 4.78 is 0. The number of rotatable bonds is 6. The van der Waals surface area contributed by atoms with Gasteiger partial charge in [0.2, 0.25) is 5.95 Å². The number of aryl methyl sites for hydroxylation is 1. The summed E-state index contributed by atoms with van der Waals surface area (Å²) in [6.45, 7) is 2.85. The Morgan fingerprint density at radius 1 is 0.920 bits per heavy atom. The van der Waals surface area contributed by atoms with Gasteiger partial charge in [0, 0.05) is 50.5 Å². The lowest BCUT2D eigenvalue weighted by Crippen LogP contribution is -2.24. The molecule has 5 heteroatoms. The van der Waals surface area contributed by atoms with Gasteiger partial charge in [0.1, 0.15) is 5.82 Å². The van der Waals surface area contributed by atoms with Gasteiger partial charge in [-0.3, -0.25) is 4.98 Å². The van der Waals surface area contributed by atoms with Crippen LogP contribution in [0.5, 0.6) is 0 Å². The SMILES string of the molecule is Cc1cc(N(C)c2ccccc2)nc(N(C)CCc2ccncc2)n1. The Hall–Kier alpha value is -2.95. The molecule has 0 aliphatic carbocycles.